The number of carbonyl (C=O) groups excluding carboxylic acids is 1. The molecule has 92 valence electrons. The molecule has 17 heavy (non-hydrogen) atoms. The molecule has 1 aliphatic rings. The molecule has 1 fully saturated rings. The zero-order chi connectivity index (χ0) is 12.4. The molecule has 1 aromatic rings. The Morgan fingerprint density at radius 3 is 2.76 bits per heavy atom. The second-order valence-electron chi connectivity index (χ2n) is 3.97. The molecule has 0 heterocycles. The van der Waals surface area contributed by atoms with Crippen LogP contribution in [-0.2, 0) is 9.53 Å². The summed E-state index contributed by atoms with van der Waals surface area (Å²) in [4.78, 5) is 11.5. The molecule has 0 bridgehead atoms. The molecule has 1 aliphatic carbocycles. The van der Waals surface area contributed by atoms with E-state index in [0.717, 1.165) is 12.8 Å². The molecule has 1 unspecified atom stereocenters. The van der Waals surface area contributed by atoms with Crippen LogP contribution in [-0.4, -0.2) is 19.2 Å². The van der Waals surface area contributed by atoms with Crippen LogP contribution in [0.15, 0.2) is 22.7 Å². The summed E-state index contributed by atoms with van der Waals surface area (Å²) in [5, 5.41) is 0. The summed E-state index contributed by atoms with van der Waals surface area (Å²) in [5.74, 6) is -0.0814. The van der Waals surface area contributed by atoms with Crippen molar-refractivity contribution >= 4 is 21.9 Å². The number of carbonyl (C=O) groups is 1. The Morgan fingerprint density at radius 2 is 2.24 bits per heavy atom. The maximum Gasteiger partial charge on any atom is 0.347 e. The highest BCUT2D eigenvalue weighted by molar-refractivity contribution is 9.10. The Labute approximate surface area is 107 Å². The largest absolute Gasteiger partial charge is 0.477 e. The molecule has 5 heteroatoms. The lowest BCUT2D eigenvalue weighted by Crippen LogP contribution is -2.30. The van der Waals surface area contributed by atoms with Gasteiger partial charge >= 0.3 is 5.97 Å². The SMILES string of the molecule is COC(=O)C(Oc1ccc(F)cc1Br)C1CC1. The Bertz CT molecular complexity index is 432. The Kier molecular flexibility index (Phi) is 3.66. The van der Waals surface area contributed by atoms with Gasteiger partial charge in [-0.3, -0.25) is 0 Å². The Balaban J connectivity index is 2.14. The number of ether oxygens (including phenoxy) is 2. The molecule has 0 saturated heterocycles. The predicted molar refractivity (Wildman–Crippen MR) is 63.3 cm³/mol. The topological polar surface area (TPSA) is 35.5 Å². The second-order valence-corrected chi connectivity index (χ2v) is 4.83. The lowest BCUT2D eigenvalue weighted by molar-refractivity contribution is -0.149. The average Bonchev–Trinajstić information content (AvgIpc) is 3.11. The molecule has 1 saturated carbocycles. The first-order valence-electron chi connectivity index (χ1n) is 5.31. The van der Waals surface area contributed by atoms with E-state index in [9.17, 15) is 9.18 Å². The van der Waals surface area contributed by atoms with Crippen molar-refractivity contribution in [2.45, 2.75) is 18.9 Å². The fourth-order valence-corrected chi connectivity index (χ4v) is 2.00. The summed E-state index contributed by atoms with van der Waals surface area (Å²) in [5.41, 5.74) is 0. The van der Waals surface area contributed by atoms with Crippen molar-refractivity contribution in [1.82, 2.24) is 0 Å². The van der Waals surface area contributed by atoms with Crippen molar-refractivity contribution in [2.75, 3.05) is 7.11 Å². The Hall–Kier alpha value is -1.10. The van der Waals surface area contributed by atoms with E-state index in [-0.39, 0.29) is 17.7 Å². The van der Waals surface area contributed by atoms with E-state index in [1.54, 1.807) is 0 Å². The van der Waals surface area contributed by atoms with Gasteiger partial charge in [-0.05, 0) is 47.0 Å². The van der Waals surface area contributed by atoms with Gasteiger partial charge in [0, 0.05) is 5.92 Å². The van der Waals surface area contributed by atoms with Gasteiger partial charge in [-0.25, -0.2) is 9.18 Å². The highest BCUT2D eigenvalue weighted by Gasteiger charge is 2.39. The summed E-state index contributed by atoms with van der Waals surface area (Å²) in [6.45, 7) is 0. The molecule has 3 nitrogen and oxygen atoms in total. The molecule has 0 amide bonds. The molecule has 0 aromatic heterocycles. The smallest absolute Gasteiger partial charge is 0.347 e. The van der Waals surface area contributed by atoms with Crippen LogP contribution in [0.3, 0.4) is 0 Å². The molecule has 0 radical (unpaired) electrons. The normalized spacial score (nSPS) is 16.4. The first-order valence-corrected chi connectivity index (χ1v) is 6.10. The van der Waals surface area contributed by atoms with E-state index < -0.39 is 6.10 Å². The average molecular weight is 303 g/mol. The van der Waals surface area contributed by atoms with Gasteiger partial charge in [0.1, 0.15) is 11.6 Å². The summed E-state index contributed by atoms with van der Waals surface area (Å²) in [6, 6.07) is 4.09. The summed E-state index contributed by atoms with van der Waals surface area (Å²) in [7, 11) is 1.33. The van der Waals surface area contributed by atoms with E-state index >= 15 is 0 Å². The van der Waals surface area contributed by atoms with Crippen LogP contribution in [0.1, 0.15) is 12.8 Å². The second kappa shape index (κ2) is 5.04. The van der Waals surface area contributed by atoms with Crippen molar-refractivity contribution in [2.24, 2.45) is 5.92 Å². The number of rotatable bonds is 4. The number of esters is 1. The fraction of sp³-hybridized carbons (Fsp3) is 0.417. The van der Waals surface area contributed by atoms with E-state index in [0.29, 0.717) is 10.2 Å². The van der Waals surface area contributed by atoms with Crippen molar-refractivity contribution in [1.29, 1.82) is 0 Å². The zero-order valence-electron chi connectivity index (χ0n) is 9.28. The first-order chi connectivity index (χ1) is 8.11. The molecular weight excluding hydrogens is 291 g/mol. The van der Waals surface area contributed by atoms with Crippen LogP contribution >= 0.6 is 15.9 Å². The maximum atomic E-state index is 12.9. The van der Waals surface area contributed by atoms with Crippen molar-refractivity contribution in [3.63, 3.8) is 0 Å². The third kappa shape index (κ3) is 2.97. The van der Waals surface area contributed by atoms with Crippen LogP contribution in [0.5, 0.6) is 5.75 Å². The minimum Gasteiger partial charge on any atom is -0.477 e. The van der Waals surface area contributed by atoms with E-state index in [1.807, 2.05) is 0 Å². The van der Waals surface area contributed by atoms with E-state index in [2.05, 4.69) is 15.9 Å². The van der Waals surface area contributed by atoms with Crippen LogP contribution in [0.4, 0.5) is 4.39 Å². The number of benzene rings is 1. The highest BCUT2D eigenvalue weighted by atomic mass is 79.9. The van der Waals surface area contributed by atoms with Gasteiger partial charge in [0.2, 0.25) is 0 Å². The summed E-state index contributed by atoms with van der Waals surface area (Å²) in [6.07, 6.45) is 1.32. The van der Waals surface area contributed by atoms with Crippen molar-refractivity contribution in [3.8, 4) is 5.75 Å². The standard InChI is InChI=1S/C12H12BrFO3/c1-16-12(15)11(7-2-3-7)17-10-5-4-8(14)6-9(10)13/h4-7,11H,2-3H2,1H3. The molecule has 2 rings (SSSR count). The molecule has 1 atom stereocenters. The van der Waals surface area contributed by atoms with Crippen molar-refractivity contribution < 1.29 is 18.7 Å². The van der Waals surface area contributed by atoms with Gasteiger partial charge < -0.3 is 9.47 Å². The molecular formula is C12H12BrFO3. The maximum absolute atomic E-state index is 12.9. The minimum atomic E-state index is -0.596. The summed E-state index contributed by atoms with van der Waals surface area (Å²) < 4.78 is 23.7. The summed E-state index contributed by atoms with van der Waals surface area (Å²) >= 11 is 3.20. The van der Waals surface area contributed by atoms with Gasteiger partial charge in [0.25, 0.3) is 0 Å². The third-order valence-corrected chi connectivity index (χ3v) is 3.25. The van der Waals surface area contributed by atoms with Gasteiger partial charge in [-0.2, -0.15) is 0 Å². The van der Waals surface area contributed by atoms with Gasteiger partial charge in [-0.1, -0.05) is 0 Å². The van der Waals surface area contributed by atoms with Gasteiger partial charge in [0.15, 0.2) is 6.10 Å². The van der Waals surface area contributed by atoms with Crippen molar-refractivity contribution in [3.05, 3.63) is 28.5 Å². The molecule has 1 aromatic carbocycles. The number of hydrogen-bond acceptors (Lipinski definition) is 3. The molecule has 0 spiro atoms. The quantitative estimate of drug-likeness (QED) is 0.802. The number of hydrogen-bond donors (Lipinski definition) is 0. The highest BCUT2D eigenvalue weighted by Crippen LogP contribution is 2.37. The monoisotopic (exact) mass is 302 g/mol. The lowest BCUT2D eigenvalue weighted by Gasteiger charge is -2.17. The number of halogens is 2. The van der Waals surface area contributed by atoms with Gasteiger partial charge in [0.05, 0.1) is 11.6 Å². The van der Waals surface area contributed by atoms with Crippen LogP contribution in [0.2, 0.25) is 0 Å². The zero-order valence-corrected chi connectivity index (χ0v) is 10.9. The molecule has 0 aliphatic heterocycles. The third-order valence-electron chi connectivity index (χ3n) is 2.63. The molecule has 0 N–H and O–H groups in total. The number of methoxy groups -OCH3 is 1. The van der Waals surface area contributed by atoms with E-state index in [4.69, 9.17) is 9.47 Å². The van der Waals surface area contributed by atoms with Crippen LogP contribution in [0.25, 0.3) is 0 Å². The van der Waals surface area contributed by atoms with E-state index in [1.165, 1.54) is 25.3 Å². The van der Waals surface area contributed by atoms with Gasteiger partial charge in [-0.15, -0.1) is 0 Å². The first kappa shape index (κ1) is 12.4. The Morgan fingerprint density at radius 1 is 1.53 bits per heavy atom. The predicted octanol–water partition coefficient (Wildman–Crippen LogP) is 2.92. The van der Waals surface area contributed by atoms with Crippen LogP contribution in [0, 0.1) is 11.7 Å². The minimum absolute atomic E-state index is 0.208. The lowest BCUT2D eigenvalue weighted by atomic mass is 10.2. The van der Waals surface area contributed by atoms with Crippen LogP contribution < -0.4 is 4.74 Å². The fourth-order valence-electron chi connectivity index (χ4n) is 1.56.